The normalized spacial score (nSPS) is 10.6. The number of hydrogen-bond donors (Lipinski definition) is 0. The number of benzene rings is 3. The highest BCUT2D eigenvalue weighted by molar-refractivity contribution is 5.78. The van der Waals surface area contributed by atoms with Crippen molar-refractivity contribution >= 4 is 0 Å². The van der Waals surface area contributed by atoms with Crippen LogP contribution >= 0.6 is 0 Å². The second kappa shape index (κ2) is 8.06. The molecule has 1 heterocycles. The molecule has 0 saturated carbocycles. The van der Waals surface area contributed by atoms with Crippen molar-refractivity contribution in [1.29, 1.82) is 0 Å². The van der Waals surface area contributed by atoms with E-state index in [2.05, 4.69) is 0 Å². The highest BCUT2D eigenvalue weighted by atomic mass is 16.5. The van der Waals surface area contributed by atoms with Crippen LogP contribution in [0.25, 0.3) is 28.2 Å². The largest absolute Gasteiger partial charge is 0.497 e. The number of ether oxygens (including phenoxy) is 3. The number of methoxy groups -OCH3 is 3. The fraction of sp³-hybridized carbons (Fsp3) is 0.130. The molecule has 0 unspecified atom stereocenters. The van der Waals surface area contributed by atoms with Gasteiger partial charge in [0.1, 0.15) is 28.6 Å². The van der Waals surface area contributed by atoms with E-state index >= 15 is 0 Å². The summed E-state index contributed by atoms with van der Waals surface area (Å²) in [6.45, 7) is 0. The lowest BCUT2D eigenvalue weighted by Crippen LogP contribution is -1.98. The maximum absolute atomic E-state index is 5.27. The van der Waals surface area contributed by atoms with E-state index in [0.29, 0.717) is 0 Å². The SMILES string of the molecule is COc1ccc(-c2nn(-c3ccc(OC)cc3)nc2-c2ccc(OC)cc2)cc1. The zero-order valence-electron chi connectivity index (χ0n) is 16.5. The second-order valence-corrected chi connectivity index (χ2v) is 6.34. The van der Waals surface area contributed by atoms with Crippen molar-refractivity contribution in [2.45, 2.75) is 0 Å². The third kappa shape index (κ3) is 3.78. The fourth-order valence-corrected chi connectivity index (χ4v) is 3.02. The van der Waals surface area contributed by atoms with Crippen LogP contribution in [0, 0.1) is 0 Å². The van der Waals surface area contributed by atoms with Crippen molar-refractivity contribution in [3.8, 4) is 45.5 Å². The van der Waals surface area contributed by atoms with E-state index in [1.54, 1.807) is 26.1 Å². The van der Waals surface area contributed by atoms with Crippen LogP contribution in [0.1, 0.15) is 0 Å². The topological polar surface area (TPSA) is 58.4 Å². The minimum absolute atomic E-state index is 0.784. The lowest BCUT2D eigenvalue weighted by molar-refractivity contribution is 0.414. The Balaban J connectivity index is 1.82. The molecule has 1 aromatic heterocycles. The van der Waals surface area contributed by atoms with E-state index in [-0.39, 0.29) is 0 Å². The maximum atomic E-state index is 5.27. The third-order valence-electron chi connectivity index (χ3n) is 4.64. The van der Waals surface area contributed by atoms with E-state index in [9.17, 15) is 0 Å². The molecule has 0 fully saturated rings. The van der Waals surface area contributed by atoms with Crippen molar-refractivity contribution in [2.75, 3.05) is 21.3 Å². The molecule has 29 heavy (non-hydrogen) atoms. The van der Waals surface area contributed by atoms with E-state index in [1.807, 2.05) is 72.8 Å². The summed E-state index contributed by atoms with van der Waals surface area (Å²) in [5.74, 6) is 2.37. The van der Waals surface area contributed by atoms with E-state index < -0.39 is 0 Å². The Kier molecular flexibility index (Phi) is 5.16. The summed E-state index contributed by atoms with van der Waals surface area (Å²) in [5.41, 5.74) is 4.33. The summed E-state index contributed by atoms with van der Waals surface area (Å²) >= 11 is 0. The predicted molar refractivity (Wildman–Crippen MR) is 112 cm³/mol. The molecular weight excluding hydrogens is 366 g/mol. The van der Waals surface area contributed by atoms with Crippen LogP contribution in [0.2, 0.25) is 0 Å². The van der Waals surface area contributed by atoms with Gasteiger partial charge >= 0.3 is 0 Å². The molecule has 0 aliphatic carbocycles. The first-order valence-corrected chi connectivity index (χ1v) is 9.12. The Morgan fingerprint density at radius 1 is 0.517 bits per heavy atom. The predicted octanol–water partition coefficient (Wildman–Crippen LogP) is 4.63. The first-order chi connectivity index (χ1) is 14.2. The number of aromatic nitrogens is 3. The molecule has 4 rings (SSSR count). The van der Waals surface area contributed by atoms with Gasteiger partial charge in [0.2, 0.25) is 0 Å². The van der Waals surface area contributed by atoms with Crippen molar-refractivity contribution in [2.24, 2.45) is 0 Å². The van der Waals surface area contributed by atoms with Gasteiger partial charge in [0.25, 0.3) is 0 Å². The van der Waals surface area contributed by atoms with Crippen molar-refractivity contribution in [3.63, 3.8) is 0 Å². The molecule has 0 aliphatic rings. The molecule has 0 N–H and O–H groups in total. The van der Waals surface area contributed by atoms with Crippen LogP contribution in [-0.2, 0) is 0 Å². The van der Waals surface area contributed by atoms with Crippen LogP contribution in [0.4, 0.5) is 0 Å². The monoisotopic (exact) mass is 387 g/mol. The maximum Gasteiger partial charge on any atom is 0.121 e. The third-order valence-corrected chi connectivity index (χ3v) is 4.64. The molecule has 3 aromatic carbocycles. The minimum atomic E-state index is 0.784. The van der Waals surface area contributed by atoms with Gasteiger partial charge in [0.05, 0.1) is 27.0 Å². The van der Waals surface area contributed by atoms with Crippen LogP contribution in [0.5, 0.6) is 17.2 Å². The molecule has 146 valence electrons. The average molecular weight is 387 g/mol. The van der Waals surface area contributed by atoms with Gasteiger partial charge in [-0.25, -0.2) is 0 Å². The Labute approximate surface area is 169 Å². The Morgan fingerprint density at radius 2 is 0.862 bits per heavy atom. The fourth-order valence-electron chi connectivity index (χ4n) is 3.02. The van der Waals surface area contributed by atoms with Crippen molar-refractivity contribution in [1.82, 2.24) is 15.0 Å². The molecule has 0 amide bonds. The smallest absolute Gasteiger partial charge is 0.121 e. The van der Waals surface area contributed by atoms with Gasteiger partial charge in [-0.2, -0.15) is 4.80 Å². The standard InChI is InChI=1S/C23H21N3O3/c1-27-19-10-4-16(5-11-19)22-23(17-6-12-20(28-2)13-7-17)25-26(24-22)18-8-14-21(29-3)15-9-18/h4-15H,1-3H3. The lowest BCUT2D eigenvalue weighted by Gasteiger charge is -2.04. The van der Waals surface area contributed by atoms with Gasteiger partial charge in [-0.1, -0.05) is 0 Å². The quantitative estimate of drug-likeness (QED) is 0.483. The van der Waals surface area contributed by atoms with Gasteiger partial charge in [0, 0.05) is 11.1 Å². The van der Waals surface area contributed by atoms with E-state index in [4.69, 9.17) is 24.4 Å². The van der Waals surface area contributed by atoms with Crippen LogP contribution in [0.15, 0.2) is 72.8 Å². The Hall–Kier alpha value is -3.80. The molecule has 6 nitrogen and oxygen atoms in total. The highest BCUT2D eigenvalue weighted by Crippen LogP contribution is 2.32. The molecule has 0 radical (unpaired) electrons. The molecule has 0 bridgehead atoms. The summed E-state index contributed by atoms with van der Waals surface area (Å²) in [6.07, 6.45) is 0. The Bertz CT molecular complexity index is 1020. The number of rotatable bonds is 6. The summed E-state index contributed by atoms with van der Waals surface area (Å²) in [6, 6.07) is 23.2. The molecule has 0 aliphatic heterocycles. The zero-order valence-corrected chi connectivity index (χ0v) is 16.5. The summed E-state index contributed by atoms with van der Waals surface area (Å²) in [5, 5.41) is 9.55. The van der Waals surface area contributed by atoms with E-state index in [1.165, 1.54) is 0 Å². The number of nitrogens with zero attached hydrogens (tertiary/aromatic N) is 3. The molecule has 0 atom stereocenters. The van der Waals surface area contributed by atoms with Crippen molar-refractivity contribution in [3.05, 3.63) is 72.8 Å². The molecule has 4 aromatic rings. The van der Waals surface area contributed by atoms with E-state index in [0.717, 1.165) is 45.5 Å². The van der Waals surface area contributed by atoms with Gasteiger partial charge in [-0.3, -0.25) is 0 Å². The molecule has 0 spiro atoms. The lowest BCUT2D eigenvalue weighted by atomic mass is 10.0. The van der Waals surface area contributed by atoms with Gasteiger partial charge in [-0.05, 0) is 72.8 Å². The molecule has 6 heteroatoms. The van der Waals surface area contributed by atoms with Gasteiger partial charge in [-0.15, -0.1) is 10.2 Å². The molecule has 0 saturated heterocycles. The second-order valence-electron chi connectivity index (χ2n) is 6.34. The van der Waals surface area contributed by atoms with Gasteiger partial charge < -0.3 is 14.2 Å². The number of hydrogen-bond acceptors (Lipinski definition) is 5. The van der Waals surface area contributed by atoms with Crippen LogP contribution in [0.3, 0.4) is 0 Å². The Morgan fingerprint density at radius 3 is 1.21 bits per heavy atom. The van der Waals surface area contributed by atoms with Crippen LogP contribution < -0.4 is 14.2 Å². The summed E-state index contributed by atoms with van der Waals surface area (Å²) in [7, 11) is 4.94. The summed E-state index contributed by atoms with van der Waals surface area (Å²) in [4.78, 5) is 1.64. The first kappa shape index (κ1) is 18.6. The molecular formula is C23H21N3O3. The summed E-state index contributed by atoms with van der Waals surface area (Å²) < 4.78 is 15.8. The van der Waals surface area contributed by atoms with Crippen LogP contribution in [-0.4, -0.2) is 36.3 Å². The average Bonchev–Trinajstić information content (AvgIpc) is 3.24. The first-order valence-electron chi connectivity index (χ1n) is 9.12. The zero-order chi connectivity index (χ0) is 20.2. The highest BCUT2D eigenvalue weighted by Gasteiger charge is 2.16. The van der Waals surface area contributed by atoms with Gasteiger partial charge in [0.15, 0.2) is 0 Å². The van der Waals surface area contributed by atoms with Crippen molar-refractivity contribution < 1.29 is 14.2 Å². The minimum Gasteiger partial charge on any atom is -0.497 e.